The lowest BCUT2D eigenvalue weighted by atomic mass is 9.97. The van der Waals surface area contributed by atoms with E-state index in [0.717, 1.165) is 30.0 Å². The van der Waals surface area contributed by atoms with E-state index in [2.05, 4.69) is 11.4 Å². The highest BCUT2D eigenvalue weighted by Crippen LogP contribution is 2.20. The zero-order valence-electron chi connectivity index (χ0n) is 9.40. The van der Waals surface area contributed by atoms with Crippen molar-refractivity contribution in [3.8, 4) is 0 Å². The van der Waals surface area contributed by atoms with Gasteiger partial charge in [-0.1, -0.05) is 18.2 Å². The fraction of sp³-hybridized carbons (Fsp3) is 0.214. The lowest BCUT2D eigenvalue weighted by Crippen LogP contribution is -2.23. The molecule has 0 aliphatic carbocycles. The second kappa shape index (κ2) is 4.43. The number of nitrogens with one attached hydrogen (secondary N) is 1. The third kappa shape index (κ3) is 2.04. The first-order valence-corrected chi connectivity index (χ1v) is 6.63. The van der Waals surface area contributed by atoms with E-state index in [0.29, 0.717) is 0 Å². The van der Waals surface area contributed by atoms with E-state index in [1.165, 1.54) is 22.5 Å². The standard InChI is InChI=1S/C14H13NOS/c16-14(13-2-1-7-17-13)11-4-3-10-5-6-15-9-12(10)8-11/h1-4,7-8,15H,5-6,9H2. The fourth-order valence-electron chi connectivity index (χ4n) is 2.17. The number of hydrogen-bond donors (Lipinski definition) is 1. The van der Waals surface area contributed by atoms with Gasteiger partial charge in [0, 0.05) is 12.1 Å². The minimum absolute atomic E-state index is 0.133. The second-order valence-corrected chi connectivity index (χ2v) is 5.16. The van der Waals surface area contributed by atoms with Gasteiger partial charge in [0.1, 0.15) is 0 Å². The van der Waals surface area contributed by atoms with Crippen LogP contribution < -0.4 is 5.32 Å². The normalized spacial score (nSPS) is 14.4. The Hall–Kier alpha value is -1.45. The van der Waals surface area contributed by atoms with Crippen LogP contribution in [0.4, 0.5) is 0 Å². The van der Waals surface area contributed by atoms with Crippen LogP contribution in [0.5, 0.6) is 0 Å². The van der Waals surface area contributed by atoms with Crippen molar-refractivity contribution in [2.24, 2.45) is 0 Å². The van der Waals surface area contributed by atoms with Crippen LogP contribution in [0.15, 0.2) is 35.7 Å². The summed E-state index contributed by atoms with van der Waals surface area (Å²) in [5, 5.41) is 5.27. The molecule has 0 saturated carbocycles. The van der Waals surface area contributed by atoms with Gasteiger partial charge in [-0.2, -0.15) is 0 Å². The number of fused-ring (bicyclic) bond motifs is 1. The van der Waals surface area contributed by atoms with Crippen LogP contribution in [-0.4, -0.2) is 12.3 Å². The summed E-state index contributed by atoms with van der Waals surface area (Å²) in [4.78, 5) is 13.0. The average molecular weight is 243 g/mol. The molecule has 0 spiro atoms. The monoisotopic (exact) mass is 243 g/mol. The zero-order chi connectivity index (χ0) is 11.7. The van der Waals surface area contributed by atoms with Crippen molar-refractivity contribution < 1.29 is 4.79 Å². The van der Waals surface area contributed by atoms with Gasteiger partial charge in [0.05, 0.1) is 4.88 Å². The first-order valence-electron chi connectivity index (χ1n) is 5.75. The molecule has 3 heteroatoms. The predicted octanol–water partition coefficient (Wildman–Crippen LogP) is 2.62. The molecular formula is C14H13NOS. The molecule has 0 unspecified atom stereocenters. The Morgan fingerprint density at radius 3 is 3.00 bits per heavy atom. The summed E-state index contributed by atoms with van der Waals surface area (Å²) in [5.74, 6) is 0.133. The molecule has 1 aromatic heterocycles. The minimum Gasteiger partial charge on any atom is -0.312 e. The number of carbonyl (C=O) groups excluding carboxylic acids is 1. The maximum absolute atomic E-state index is 12.2. The topological polar surface area (TPSA) is 29.1 Å². The third-order valence-corrected chi connectivity index (χ3v) is 3.97. The first kappa shape index (κ1) is 10.7. The largest absolute Gasteiger partial charge is 0.312 e. The molecule has 1 aliphatic rings. The number of rotatable bonds is 2. The van der Waals surface area contributed by atoms with Gasteiger partial charge in [-0.05, 0) is 41.6 Å². The van der Waals surface area contributed by atoms with Crippen LogP contribution in [0, 0.1) is 0 Å². The zero-order valence-corrected chi connectivity index (χ0v) is 10.2. The molecule has 2 aromatic rings. The van der Waals surface area contributed by atoms with Crippen molar-refractivity contribution in [3.63, 3.8) is 0 Å². The van der Waals surface area contributed by atoms with Crippen LogP contribution >= 0.6 is 11.3 Å². The maximum atomic E-state index is 12.2. The molecule has 1 N–H and O–H groups in total. The summed E-state index contributed by atoms with van der Waals surface area (Å²) < 4.78 is 0. The molecule has 86 valence electrons. The van der Waals surface area contributed by atoms with E-state index in [1.54, 1.807) is 0 Å². The molecule has 17 heavy (non-hydrogen) atoms. The smallest absolute Gasteiger partial charge is 0.202 e. The molecule has 0 saturated heterocycles. The van der Waals surface area contributed by atoms with Gasteiger partial charge in [0.2, 0.25) is 5.78 Å². The van der Waals surface area contributed by atoms with Crippen molar-refractivity contribution in [3.05, 3.63) is 57.3 Å². The van der Waals surface area contributed by atoms with Crippen molar-refractivity contribution in [1.29, 1.82) is 0 Å². The van der Waals surface area contributed by atoms with E-state index in [4.69, 9.17) is 0 Å². The Labute approximate surface area is 104 Å². The Morgan fingerprint density at radius 1 is 1.24 bits per heavy atom. The highest BCUT2D eigenvalue weighted by atomic mass is 32.1. The lowest BCUT2D eigenvalue weighted by molar-refractivity contribution is 0.104. The molecule has 0 radical (unpaired) electrons. The third-order valence-electron chi connectivity index (χ3n) is 3.10. The van der Waals surface area contributed by atoms with Crippen LogP contribution in [0.1, 0.15) is 26.4 Å². The highest BCUT2D eigenvalue weighted by molar-refractivity contribution is 7.12. The Morgan fingerprint density at radius 2 is 2.18 bits per heavy atom. The number of carbonyl (C=O) groups is 1. The average Bonchev–Trinajstić information content (AvgIpc) is 2.91. The fourth-order valence-corrected chi connectivity index (χ4v) is 2.86. The van der Waals surface area contributed by atoms with E-state index < -0.39 is 0 Å². The van der Waals surface area contributed by atoms with Gasteiger partial charge in [0.25, 0.3) is 0 Å². The molecule has 1 aliphatic heterocycles. The SMILES string of the molecule is O=C(c1ccc2c(c1)CNCC2)c1cccs1. The van der Waals surface area contributed by atoms with Gasteiger partial charge >= 0.3 is 0 Å². The van der Waals surface area contributed by atoms with Crippen molar-refractivity contribution in [2.75, 3.05) is 6.54 Å². The summed E-state index contributed by atoms with van der Waals surface area (Å²) in [7, 11) is 0. The number of ketones is 1. The summed E-state index contributed by atoms with van der Waals surface area (Å²) in [6.07, 6.45) is 1.06. The van der Waals surface area contributed by atoms with E-state index in [-0.39, 0.29) is 5.78 Å². The molecule has 0 amide bonds. The first-order chi connectivity index (χ1) is 8.34. The Bertz CT molecular complexity index is 545. The number of benzene rings is 1. The second-order valence-electron chi connectivity index (χ2n) is 4.22. The summed E-state index contributed by atoms with van der Waals surface area (Å²) >= 11 is 1.50. The van der Waals surface area contributed by atoms with Gasteiger partial charge in [-0.15, -0.1) is 11.3 Å². The van der Waals surface area contributed by atoms with Crippen LogP contribution in [0.2, 0.25) is 0 Å². The molecule has 2 heterocycles. The van der Waals surface area contributed by atoms with Crippen LogP contribution in [-0.2, 0) is 13.0 Å². The summed E-state index contributed by atoms with van der Waals surface area (Å²) in [6.45, 7) is 1.91. The van der Waals surface area contributed by atoms with Crippen molar-refractivity contribution in [2.45, 2.75) is 13.0 Å². The Balaban J connectivity index is 1.96. The van der Waals surface area contributed by atoms with Gasteiger partial charge in [0.15, 0.2) is 0 Å². The van der Waals surface area contributed by atoms with Gasteiger partial charge in [-0.3, -0.25) is 4.79 Å². The Kier molecular flexibility index (Phi) is 2.79. The number of thiophene rings is 1. The van der Waals surface area contributed by atoms with E-state index >= 15 is 0 Å². The molecule has 0 atom stereocenters. The van der Waals surface area contributed by atoms with Crippen molar-refractivity contribution in [1.82, 2.24) is 5.32 Å². The molecule has 0 bridgehead atoms. The summed E-state index contributed by atoms with van der Waals surface area (Å²) in [6, 6.07) is 9.87. The quantitative estimate of drug-likeness (QED) is 0.822. The molecule has 3 rings (SSSR count). The highest BCUT2D eigenvalue weighted by Gasteiger charge is 2.14. The molecule has 1 aromatic carbocycles. The lowest BCUT2D eigenvalue weighted by Gasteiger charge is -2.17. The van der Waals surface area contributed by atoms with E-state index in [1.807, 2.05) is 29.6 Å². The molecule has 0 fully saturated rings. The van der Waals surface area contributed by atoms with Gasteiger partial charge in [-0.25, -0.2) is 0 Å². The van der Waals surface area contributed by atoms with Gasteiger partial charge < -0.3 is 5.32 Å². The minimum atomic E-state index is 0.133. The molecular weight excluding hydrogens is 230 g/mol. The van der Waals surface area contributed by atoms with Crippen LogP contribution in [0.3, 0.4) is 0 Å². The van der Waals surface area contributed by atoms with Crippen molar-refractivity contribution >= 4 is 17.1 Å². The van der Waals surface area contributed by atoms with E-state index in [9.17, 15) is 4.79 Å². The summed E-state index contributed by atoms with van der Waals surface area (Å²) in [5.41, 5.74) is 3.43. The maximum Gasteiger partial charge on any atom is 0.202 e. The predicted molar refractivity (Wildman–Crippen MR) is 69.6 cm³/mol. The number of hydrogen-bond acceptors (Lipinski definition) is 3. The van der Waals surface area contributed by atoms with Crippen LogP contribution in [0.25, 0.3) is 0 Å². The molecule has 2 nitrogen and oxygen atoms in total.